The molecule has 3 aromatic rings. The number of nitrogens with two attached hydrogens (primary N) is 1. The van der Waals surface area contributed by atoms with E-state index in [0.717, 1.165) is 51.9 Å². The van der Waals surface area contributed by atoms with Gasteiger partial charge in [0.15, 0.2) is 0 Å². The lowest BCUT2D eigenvalue weighted by molar-refractivity contribution is -0.116. The number of thiophene rings is 1. The van der Waals surface area contributed by atoms with Crippen LogP contribution in [0.3, 0.4) is 0 Å². The molecule has 1 aromatic carbocycles. The molecule has 8 heteroatoms. The van der Waals surface area contributed by atoms with Gasteiger partial charge in [-0.15, -0.1) is 16.4 Å². The van der Waals surface area contributed by atoms with E-state index in [0.29, 0.717) is 16.5 Å². The fourth-order valence-corrected chi connectivity index (χ4v) is 5.17. The van der Waals surface area contributed by atoms with Crippen molar-refractivity contribution in [2.45, 2.75) is 46.6 Å². The number of nitrogens with zero attached hydrogens (tertiary/aromatic N) is 3. The molecule has 0 fully saturated rings. The van der Waals surface area contributed by atoms with Gasteiger partial charge in [0.2, 0.25) is 5.91 Å². The average molecular weight is 398 g/mol. The Kier molecular flexibility index (Phi) is 4.66. The van der Waals surface area contributed by atoms with Crippen molar-refractivity contribution in [2.24, 2.45) is 11.7 Å². The molecule has 28 heavy (non-hydrogen) atoms. The molecule has 0 bridgehead atoms. The second kappa shape index (κ2) is 7.01. The Morgan fingerprint density at radius 1 is 1.32 bits per heavy atom. The SMILES string of the molecule is Cc1cc2nnn(CC(=O)Nc3sc4c(c3C(N)=O)CCC(C)C4)c2cc1C. The molecule has 146 valence electrons. The molecule has 0 saturated carbocycles. The second-order valence-electron chi connectivity index (χ2n) is 7.64. The standard InChI is InChI=1S/C20H23N5O2S/c1-10-4-5-13-16(6-10)28-20(18(13)19(21)27)22-17(26)9-25-15-8-12(3)11(2)7-14(15)23-24-25/h7-8,10H,4-6,9H2,1-3H3,(H2,21,27)(H,22,26). The number of aromatic nitrogens is 3. The summed E-state index contributed by atoms with van der Waals surface area (Å²) in [6.45, 7) is 6.26. The minimum absolute atomic E-state index is 0.0240. The molecular formula is C20H23N5O2S. The summed E-state index contributed by atoms with van der Waals surface area (Å²) in [5.74, 6) is -0.164. The smallest absolute Gasteiger partial charge is 0.251 e. The Balaban J connectivity index is 1.59. The van der Waals surface area contributed by atoms with Crippen LogP contribution in [0.2, 0.25) is 0 Å². The zero-order chi connectivity index (χ0) is 20.0. The van der Waals surface area contributed by atoms with Crippen molar-refractivity contribution >= 4 is 39.2 Å². The van der Waals surface area contributed by atoms with Gasteiger partial charge in [0.25, 0.3) is 5.91 Å². The zero-order valence-corrected chi connectivity index (χ0v) is 17.0. The summed E-state index contributed by atoms with van der Waals surface area (Å²) in [6.07, 6.45) is 2.77. The number of amides is 2. The molecule has 1 unspecified atom stereocenters. The first-order valence-corrected chi connectivity index (χ1v) is 10.2. The van der Waals surface area contributed by atoms with Crippen molar-refractivity contribution in [1.82, 2.24) is 15.0 Å². The Bertz CT molecular complexity index is 1100. The molecule has 4 rings (SSSR count). The van der Waals surface area contributed by atoms with Crippen molar-refractivity contribution in [3.63, 3.8) is 0 Å². The molecule has 1 aliphatic carbocycles. The topological polar surface area (TPSA) is 103 Å². The molecular weight excluding hydrogens is 374 g/mol. The van der Waals surface area contributed by atoms with Gasteiger partial charge in [0.05, 0.1) is 11.1 Å². The van der Waals surface area contributed by atoms with E-state index >= 15 is 0 Å². The van der Waals surface area contributed by atoms with Crippen LogP contribution in [-0.4, -0.2) is 26.8 Å². The van der Waals surface area contributed by atoms with Crippen molar-refractivity contribution < 1.29 is 9.59 Å². The van der Waals surface area contributed by atoms with E-state index in [1.807, 2.05) is 26.0 Å². The number of hydrogen-bond donors (Lipinski definition) is 2. The number of carbonyl (C=O) groups excluding carboxylic acids is 2. The fraction of sp³-hybridized carbons (Fsp3) is 0.400. The highest BCUT2D eigenvalue weighted by molar-refractivity contribution is 7.17. The van der Waals surface area contributed by atoms with E-state index in [-0.39, 0.29) is 12.5 Å². The highest BCUT2D eigenvalue weighted by atomic mass is 32.1. The van der Waals surface area contributed by atoms with Crippen LogP contribution in [0, 0.1) is 19.8 Å². The van der Waals surface area contributed by atoms with Gasteiger partial charge in [-0.2, -0.15) is 0 Å². The summed E-state index contributed by atoms with van der Waals surface area (Å²) in [4.78, 5) is 25.9. The molecule has 3 N–H and O–H groups in total. The molecule has 0 radical (unpaired) electrons. The number of carbonyl (C=O) groups is 2. The number of fused-ring (bicyclic) bond motifs is 2. The summed E-state index contributed by atoms with van der Waals surface area (Å²) in [7, 11) is 0. The van der Waals surface area contributed by atoms with Crippen molar-refractivity contribution in [3.8, 4) is 0 Å². The van der Waals surface area contributed by atoms with Crippen molar-refractivity contribution in [3.05, 3.63) is 39.3 Å². The minimum atomic E-state index is -0.486. The number of hydrogen-bond acceptors (Lipinski definition) is 5. The molecule has 2 aromatic heterocycles. The third-order valence-electron chi connectivity index (χ3n) is 5.43. The second-order valence-corrected chi connectivity index (χ2v) is 8.75. The van der Waals surface area contributed by atoms with E-state index in [9.17, 15) is 9.59 Å². The Hall–Kier alpha value is -2.74. The summed E-state index contributed by atoms with van der Waals surface area (Å²) < 4.78 is 1.58. The lowest BCUT2D eigenvalue weighted by Crippen LogP contribution is -2.22. The van der Waals surface area contributed by atoms with Gasteiger partial charge >= 0.3 is 0 Å². The van der Waals surface area contributed by atoms with Crippen LogP contribution in [-0.2, 0) is 24.2 Å². The first-order chi connectivity index (χ1) is 13.3. The number of benzene rings is 1. The predicted octanol–water partition coefficient (Wildman–Crippen LogP) is 2.97. The molecule has 2 amide bonds. The summed E-state index contributed by atoms with van der Waals surface area (Å²) >= 11 is 1.46. The zero-order valence-electron chi connectivity index (χ0n) is 16.2. The van der Waals surface area contributed by atoms with Crippen LogP contribution in [0.5, 0.6) is 0 Å². The van der Waals surface area contributed by atoms with Crippen LogP contribution in [0.4, 0.5) is 5.00 Å². The lowest BCUT2D eigenvalue weighted by Gasteiger charge is -2.18. The summed E-state index contributed by atoms with van der Waals surface area (Å²) in [5, 5.41) is 11.7. The van der Waals surface area contributed by atoms with Crippen LogP contribution in [0.1, 0.15) is 45.3 Å². The van der Waals surface area contributed by atoms with Crippen LogP contribution >= 0.6 is 11.3 Å². The number of anilines is 1. The summed E-state index contributed by atoms with van der Waals surface area (Å²) in [6, 6.07) is 3.95. The van der Waals surface area contributed by atoms with Gasteiger partial charge in [0, 0.05) is 4.88 Å². The van der Waals surface area contributed by atoms with E-state index < -0.39 is 5.91 Å². The molecule has 1 atom stereocenters. The number of nitrogens with one attached hydrogen (secondary N) is 1. The highest BCUT2D eigenvalue weighted by Crippen LogP contribution is 2.39. The van der Waals surface area contributed by atoms with Gasteiger partial charge in [-0.1, -0.05) is 12.1 Å². The normalized spacial score (nSPS) is 16.2. The molecule has 1 aliphatic rings. The predicted molar refractivity (Wildman–Crippen MR) is 110 cm³/mol. The van der Waals surface area contributed by atoms with Gasteiger partial charge in [-0.25, -0.2) is 4.68 Å². The third-order valence-corrected chi connectivity index (χ3v) is 6.60. The van der Waals surface area contributed by atoms with Gasteiger partial charge in [0.1, 0.15) is 17.1 Å². The highest BCUT2D eigenvalue weighted by Gasteiger charge is 2.27. The van der Waals surface area contributed by atoms with Crippen LogP contribution in [0.25, 0.3) is 11.0 Å². The van der Waals surface area contributed by atoms with E-state index in [1.165, 1.54) is 11.3 Å². The largest absolute Gasteiger partial charge is 0.365 e. The number of primary amides is 1. The first kappa shape index (κ1) is 18.6. The van der Waals surface area contributed by atoms with Crippen molar-refractivity contribution in [2.75, 3.05) is 5.32 Å². The van der Waals surface area contributed by atoms with Crippen LogP contribution in [0.15, 0.2) is 12.1 Å². The van der Waals surface area contributed by atoms with Crippen LogP contribution < -0.4 is 11.1 Å². The molecule has 0 saturated heterocycles. The maximum absolute atomic E-state index is 12.7. The average Bonchev–Trinajstić information content (AvgIpc) is 3.16. The number of aryl methyl sites for hydroxylation is 2. The minimum Gasteiger partial charge on any atom is -0.365 e. The third kappa shape index (κ3) is 3.28. The number of rotatable bonds is 4. The Morgan fingerprint density at radius 2 is 2.07 bits per heavy atom. The molecule has 7 nitrogen and oxygen atoms in total. The Labute approximate surface area is 166 Å². The Morgan fingerprint density at radius 3 is 2.82 bits per heavy atom. The van der Waals surface area contributed by atoms with Gasteiger partial charge in [-0.3, -0.25) is 9.59 Å². The van der Waals surface area contributed by atoms with Crippen molar-refractivity contribution in [1.29, 1.82) is 0 Å². The molecule has 0 spiro atoms. The van der Waals surface area contributed by atoms with E-state index in [4.69, 9.17) is 5.73 Å². The molecule has 0 aliphatic heterocycles. The van der Waals surface area contributed by atoms with Gasteiger partial charge < -0.3 is 11.1 Å². The monoisotopic (exact) mass is 397 g/mol. The van der Waals surface area contributed by atoms with E-state index in [2.05, 4.69) is 22.6 Å². The fourth-order valence-electron chi connectivity index (χ4n) is 3.74. The maximum Gasteiger partial charge on any atom is 0.251 e. The summed E-state index contributed by atoms with van der Waals surface area (Å²) in [5.41, 5.74) is 10.9. The maximum atomic E-state index is 12.7. The van der Waals surface area contributed by atoms with Gasteiger partial charge in [-0.05, 0) is 67.9 Å². The lowest BCUT2D eigenvalue weighted by atomic mass is 9.88. The first-order valence-electron chi connectivity index (χ1n) is 9.38. The van der Waals surface area contributed by atoms with E-state index in [1.54, 1.807) is 4.68 Å². The molecule has 2 heterocycles. The quantitative estimate of drug-likeness (QED) is 0.706.